The number of nitro benzene ring substituents is 1. The number of aryl methyl sites for hydroxylation is 2. The Bertz CT molecular complexity index is 995. The van der Waals surface area contributed by atoms with Gasteiger partial charge in [-0.3, -0.25) is 15.1 Å². The van der Waals surface area contributed by atoms with E-state index >= 15 is 0 Å². The summed E-state index contributed by atoms with van der Waals surface area (Å²) < 4.78 is 1.77. The lowest BCUT2D eigenvalue weighted by Crippen LogP contribution is -2.27. The summed E-state index contributed by atoms with van der Waals surface area (Å²) in [7, 11) is 0. The molecule has 1 aromatic carbocycles. The molecule has 138 valence electrons. The molecular weight excluding hydrogens is 344 g/mol. The lowest BCUT2D eigenvalue weighted by atomic mass is 10.1. The molecule has 0 N–H and O–H groups in total. The number of nitro groups is 1. The van der Waals surface area contributed by atoms with Gasteiger partial charge < -0.3 is 4.90 Å². The molecule has 0 bridgehead atoms. The Morgan fingerprint density at radius 2 is 2.04 bits per heavy atom. The maximum Gasteiger partial charge on any atom is 0.274 e. The summed E-state index contributed by atoms with van der Waals surface area (Å²) in [6.07, 6.45) is 5.49. The fraction of sp³-hybridized carbons (Fsp3) is 0.316. The summed E-state index contributed by atoms with van der Waals surface area (Å²) >= 11 is 0. The Morgan fingerprint density at radius 3 is 2.70 bits per heavy atom. The standard InChI is InChI=1S/C19H20N6O2/c1-13-9-14(2)24(22-13)19-11-20-10-18(21-19)23(16-7-8-16)12-15-5-3-4-6-17(15)25(26)27/h3-6,9-11,16H,7-8,12H2,1-2H3. The number of aromatic nitrogens is 4. The smallest absolute Gasteiger partial charge is 0.274 e. The Hall–Kier alpha value is -3.29. The van der Waals surface area contributed by atoms with Gasteiger partial charge in [-0.1, -0.05) is 18.2 Å². The average molecular weight is 364 g/mol. The van der Waals surface area contributed by atoms with E-state index in [1.54, 1.807) is 35.3 Å². The normalized spacial score (nSPS) is 13.6. The summed E-state index contributed by atoms with van der Waals surface area (Å²) in [5.74, 6) is 1.35. The fourth-order valence-corrected chi connectivity index (χ4v) is 3.24. The molecule has 0 saturated heterocycles. The van der Waals surface area contributed by atoms with Gasteiger partial charge in [0.05, 0.1) is 29.6 Å². The highest BCUT2D eigenvalue weighted by molar-refractivity contribution is 5.47. The summed E-state index contributed by atoms with van der Waals surface area (Å²) in [6.45, 7) is 4.34. The van der Waals surface area contributed by atoms with Crippen LogP contribution in [0.5, 0.6) is 0 Å². The molecule has 0 amide bonds. The maximum absolute atomic E-state index is 11.4. The van der Waals surface area contributed by atoms with Gasteiger partial charge >= 0.3 is 0 Å². The molecule has 3 aromatic rings. The molecule has 2 heterocycles. The molecule has 2 aromatic heterocycles. The van der Waals surface area contributed by atoms with Crippen LogP contribution in [0, 0.1) is 24.0 Å². The Morgan fingerprint density at radius 1 is 1.26 bits per heavy atom. The highest BCUT2D eigenvalue weighted by Crippen LogP contribution is 2.33. The van der Waals surface area contributed by atoms with Crippen LogP contribution in [-0.4, -0.2) is 30.7 Å². The predicted octanol–water partition coefficient (Wildman–Crippen LogP) is 3.36. The quantitative estimate of drug-likeness (QED) is 0.492. The zero-order chi connectivity index (χ0) is 19.0. The van der Waals surface area contributed by atoms with Crippen LogP contribution < -0.4 is 4.90 Å². The number of hydrogen-bond acceptors (Lipinski definition) is 6. The number of hydrogen-bond donors (Lipinski definition) is 0. The van der Waals surface area contributed by atoms with Crippen molar-refractivity contribution in [3.63, 3.8) is 0 Å². The summed E-state index contributed by atoms with van der Waals surface area (Å²) in [5, 5.41) is 15.8. The van der Waals surface area contributed by atoms with Gasteiger partial charge in [0.15, 0.2) is 5.82 Å². The Labute approximate surface area is 156 Å². The van der Waals surface area contributed by atoms with Crippen molar-refractivity contribution in [3.8, 4) is 5.82 Å². The van der Waals surface area contributed by atoms with Crippen molar-refractivity contribution in [2.75, 3.05) is 4.90 Å². The maximum atomic E-state index is 11.4. The lowest BCUT2D eigenvalue weighted by Gasteiger charge is -2.23. The first kappa shape index (κ1) is 17.1. The molecule has 1 aliphatic rings. The third-order valence-corrected chi connectivity index (χ3v) is 4.65. The number of para-hydroxylation sites is 1. The predicted molar refractivity (Wildman–Crippen MR) is 101 cm³/mol. The van der Waals surface area contributed by atoms with Crippen LogP contribution in [0.25, 0.3) is 5.82 Å². The van der Waals surface area contributed by atoms with Crippen molar-refractivity contribution in [2.24, 2.45) is 0 Å². The van der Waals surface area contributed by atoms with E-state index in [0.717, 1.165) is 24.2 Å². The minimum absolute atomic E-state index is 0.130. The molecule has 0 unspecified atom stereocenters. The van der Waals surface area contributed by atoms with Crippen LogP contribution >= 0.6 is 0 Å². The third-order valence-electron chi connectivity index (χ3n) is 4.65. The molecular formula is C19H20N6O2. The highest BCUT2D eigenvalue weighted by Gasteiger charge is 2.32. The number of rotatable bonds is 6. The molecule has 0 radical (unpaired) electrons. The molecule has 4 rings (SSSR count). The van der Waals surface area contributed by atoms with Gasteiger partial charge in [0.1, 0.15) is 5.82 Å². The summed E-state index contributed by atoms with van der Waals surface area (Å²) in [6, 6.07) is 9.16. The second kappa shape index (κ2) is 6.79. The van der Waals surface area contributed by atoms with E-state index in [9.17, 15) is 10.1 Å². The monoisotopic (exact) mass is 364 g/mol. The van der Waals surface area contributed by atoms with Crippen LogP contribution in [0.1, 0.15) is 29.8 Å². The van der Waals surface area contributed by atoms with E-state index in [-0.39, 0.29) is 10.6 Å². The number of benzene rings is 1. The van der Waals surface area contributed by atoms with Crippen molar-refractivity contribution in [2.45, 2.75) is 39.3 Å². The van der Waals surface area contributed by atoms with E-state index in [1.807, 2.05) is 26.0 Å². The van der Waals surface area contributed by atoms with Gasteiger partial charge in [-0.25, -0.2) is 9.67 Å². The first-order valence-electron chi connectivity index (χ1n) is 8.87. The molecule has 27 heavy (non-hydrogen) atoms. The molecule has 1 aliphatic carbocycles. The minimum atomic E-state index is -0.335. The third kappa shape index (κ3) is 3.51. The van der Waals surface area contributed by atoms with Crippen LogP contribution in [0.15, 0.2) is 42.7 Å². The largest absolute Gasteiger partial charge is 0.348 e. The molecule has 8 heteroatoms. The van der Waals surface area contributed by atoms with Crippen LogP contribution in [0.4, 0.5) is 11.5 Å². The highest BCUT2D eigenvalue weighted by atomic mass is 16.6. The first-order valence-corrected chi connectivity index (χ1v) is 8.87. The Balaban J connectivity index is 1.69. The molecule has 8 nitrogen and oxygen atoms in total. The minimum Gasteiger partial charge on any atom is -0.348 e. The van der Waals surface area contributed by atoms with E-state index in [4.69, 9.17) is 4.98 Å². The topological polar surface area (TPSA) is 90.0 Å². The van der Waals surface area contributed by atoms with Crippen molar-refractivity contribution in [1.82, 2.24) is 19.7 Å². The van der Waals surface area contributed by atoms with Gasteiger partial charge in [-0.05, 0) is 32.8 Å². The molecule has 0 atom stereocenters. The van der Waals surface area contributed by atoms with E-state index in [0.29, 0.717) is 29.8 Å². The second-order valence-electron chi connectivity index (χ2n) is 6.82. The lowest BCUT2D eigenvalue weighted by molar-refractivity contribution is -0.385. The number of anilines is 1. The zero-order valence-corrected chi connectivity index (χ0v) is 15.2. The summed E-state index contributed by atoms with van der Waals surface area (Å²) in [4.78, 5) is 22.2. The van der Waals surface area contributed by atoms with E-state index in [1.165, 1.54) is 0 Å². The first-order chi connectivity index (χ1) is 13.0. The zero-order valence-electron chi connectivity index (χ0n) is 15.2. The number of nitrogens with zero attached hydrogens (tertiary/aromatic N) is 6. The van der Waals surface area contributed by atoms with Gasteiger partial charge in [-0.15, -0.1) is 0 Å². The van der Waals surface area contributed by atoms with Crippen LogP contribution in [0.3, 0.4) is 0 Å². The second-order valence-corrected chi connectivity index (χ2v) is 6.82. The van der Waals surface area contributed by atoms with E-state index in [2.05, 4.69) is 15.0 Å². The molecule has 0 spiro atoms. The van der Waals surface area contributed by atoms with Gasteiger partial charge in [0.2, 0.25) is 0 Å². The molecule has 1 saturated carbocycles. The average Bonchev–Trinajstić information content (AvgIpc) is 3.44. The fourth-order valence-electron chi connectivity index (χ4n) is 3.24. The Kier molecular flexibility index (Phi) is 4.31. The summed E-state index contributed by atoms with van der Waals surface area (Å²) in [5.41, 5.74) is 2.70. The van der Waals surface area contributed by atoms with Gasteiger partial charge in [-0.2, -0.15) is 5.10 Å². The van der Waals surface area contributed by atoms with Crippen molar-refractivity contribution in [1.29, 1.82) is 0 Å². The van der Waals surface area contributed by atoms with Crippen molar-refractivity contribution >= 4 is 11.5 Å². The van der Waals surface area contributed by atoms with Gasteiger partial charge in [0.25, 0.3) is 5.69 Å². The SMILES string of the molecule is Cc1cc(C)n(-c2cncc(N(Cc3ccccc3[N+](=O)[O-])C3CC3)n2)n1. The molecule has 1 fully saturated rings. The molecule has 0 aliphatic heterocycles. The van der Waals surface area contributed by atoms with Crippen molar-refractivity contribution in [3.05, 3.63) is 69.8 Å². The van der Waals surface area contributed by atoms with Crippen LogP contribution in [0.2, 0.25) is 0 Å². The van der Waals surface area contributed by atoms with E-state index < -0.39 is 0 Å². The van der Waals surface area contributed by atoms with Gasteiger partial charge in [0, 0.05) is 23.4 Å². The van der Waals surface area contributed by atoms with Crippen LogP contribution in [-0.2, 0) is 6.54 Å². The van der Waals surface area contributed by atoms with Crippen molar-refractivity contribution < 1.29 is 4.92 Å².